The number of pyridine rings is 1. The molecule has 0 radical (unpaired) electrons. The number of aromatic nitrogens is 1. The van der Waals surface area contributed by atoms with Crippen LogP contribution in [0.25, 0.3) is 10.9 Å². The zero-order valence-corrected chi connectivity index (χ0v) is 11.0. The average Bonchev–Trinajstić information content (AvgIpc) is 3.27. The summed E-state index contributed by atoms with van der Waals surface area (Å²) in [5.74, 6) is 0.990. The maximum atomic E-state index is 5.81. The molecule has 0 atom stereocenters. The number of nitrogen functional groups attached to an aromatic ring is 1. The SMILES string of the molecule is Nc1ccc2c(NCC3(C4CC4)CC3)ccnc2c1. The van der Waals surface area contributed by atoms with E-state index in [4.69, 9.17) is 5.73 Å². The number of hydrogen-bond donors (Lipinski definition) is 2. The van der Waals surface area contributed by atoms with Crippen LogP contribution in [0.15, 0.2) is 30.5 Å². The first-order valence-corrected chi connectivity index (χ1v) is 7.15. The first-order valence-electron chi connectivity index (χ1n) is 7.15. The van der Waals surface area contributed by atoms with E-state index in [2.05, 4.69) is 22.4 Å². The van der Waals surface area contributed by atoms with Gasteiger partial charge in [0, 0.05) is 29.5 Å². The quantitative estimate of drug-likeness (QED) is 0.821. The largest absolute Gasteiger partial charge is 0.399 e. The predicted octanol–water partition coefficient (Wildman–Crippen LogP) is 3.42. The lowest BCUT2D eigenvalue weighted by molar-refractivity contribution is 0.467. The van der Waals surface area contributed by atoms with Gasteiger partial charge in [-0.15, -0.1) is 0 Å². The Balaban J connectivity index is 1.60. The Morgan fingerprint density at radius 1 is 1.26 bits per heavy atom. The minimum atomic E-state index is 0.614. The van der Waals surface area contributed by atoms with Crippen molar-refractivity contribution in [2.75, 3.05) is 17.6 Å². The smallest absolute Gasteiger partial charge is 0.0743 e. The van der Waals surface area contributed by atoms with Crippen molar-refractivity contribution in [2.45, 2.75) is 25.7 Å². The van der Waals surface area contributed by atoms with Gasteiger partial charge in [0.2, 0.25) is 0 Å². The molecule has 3 N–H and O–H groups in total. The van der Waals surface area contributed by atoms with Crippen molar-refractivity contribution in [1.29, 1.82) is 0 Å². The fraction of sp³-hybridized carbons (Fsp3) is 0.438. The van der Waals surface area contributed by atoms with E-state index in [1.807, 2.05) is 18.3 Å². The molecule has 2 aliphatic rings. The van der Waals surface area contributed by atoms with Crippen LogP contribution in [-0.2, 0) is 0 Å². The summed E-state index contributed by atoms with van der Waals surface area (Å²) >= 11 is 0. The maximum Gasteiger partial charge on any atom is 0.0743 e. The highest BCUT2D eigenvalue weighted by atomic mass is 14.9. The van der Waals surface area contributed by atoms with Crippen molar-refractivity contribution in [3.05, 3.63) is 30.5 Å². The number of rotatable bonds is 4. The van der Waals surface area contributed by atoms with Crippen LogP contribution in [0.5, 0.6) is 0 Å². The molecule has 2 aromatic rings. The lowest BCUT2D eigenvalue weighted by Crippen LogP contribution is -2.17. The van der Waals surface area contributed by atoms with E-state index < -0.39 is 0 Å². The van der Waals surface area contributed by atoms with Gasteiger partial charge in [0.15, 0.2) is 0 Å². The van der Waals surface area contributed by atoms with Crippen LogP contribution >= 0.6 is 0 Å². The van der Waals surface area contributed by atoms with Crippen LogP contribution < -0.4 is 11.1 Å². The Morgan fingerprint density at radius 3 is 2.84 bits per heavy atom. The van der Waals surface area contributed by atoms with Gasteiger partial charge in [-0.3, -0.25) is 4.98 Å². The molecule has 0 amide bonds. The Labute approximate surface area is 113 Å². The molecule has 1 aromatic heterocycles. The van der Waals surface area contributed by atoms with Crippen molar-refractivity contribution < 1.29 is 0 Å². The second-order valence-electron chi connectivity index (χ2n) is 6.13. The molecule has 98 valence electrons. The second kappa shape index (κ2) is 3.86. The minimum absolute atomic E-state index is 0.614. The summed E-state index contributed by atoms with van der Waals surface area (Å²) in [6, 6.07) is 8.02. The van der Waals surface area contributed by atoms with E-state index in [-0.39, 0.29) is 0 Å². The number of hydrogen-bond acceptors (Lipinski definition) is 3. The summed E-state index contributed by atoms with van der Waals surface area (Å²) in [5.41, 5.74) is 9.37. The molecule has 0 spiro atoms. The third kappa shape index (κ3) is 1.93. The Bertz CT molecular complexity index is 627. The van der Waals surface area contributed by atoms with Crippen molar-refractivity contribution in [1.82, 2.24) is 4.98 Å². The van der Waals surface area contributed by atoms with E-state index >= 15 is 0 Å². The molecule has 0 unspecified atom stereocenters. The van der Waals surface area contributed by atoms with E-state index in [0.29, 0.717) is 5.41 Å². The summed E-state index contributed by atoms with van der Waals surface area (Å²) in [6.45, 7) is 1.11. The van der Waals surface area contributed by atoms with Gasteiger partial charge < -0.3 is 11.1 Å². The topological polar surface area (TPSA) is 50.9 Å². The third-order valence-electron chi connectivity index (χ3n) is 4.73. The van der Waals surface area contributed by atoms with Gasteiger partial charge in [0.25, 0.3) is 0 Å². The first kappa shape index (κ1) is 11.1. The van der Waals surface area contributed by atoms with Crippen molar-refractivity contribution in [3.8, 4) is 0 Å². The molecule has 0 aliphatic heterocycles. The lowest BCUT2D eigenvalue weighted by Gasteiger charge is -2.17. The second-order valence-corrected chi connectivity index (χ2v) is 6.13. The molecular weight excluding hydrogens is 234 g/mol. The van der Waals surface area contributed by atoms with E-state index in [9.17, 15) is 0 Å². The van der Waals surface area contributed by atoms with E-state index in [0.717, 1.165) is 23.7 Å². The van der Waals surface area contributed by atoms with Crippen LogP contribution in [0, 0.1) is 11.3 Å². The Hall–Kier alpha value is -1.77. The molecule has 3 nitrogen and oxygen atoms in total. The van der Waals surface area contributed by atoms with E-state index in [1.54, 1.807) is 0 Å². The van der Waals surface area contributed by atoms with Crippen molar-refractivity contribution >= 4 is 22.3 Å². The van der Waals surface area contributed by atoms with Gasteiger partial charge in [-0.2, -0.15) is 0 Å². The summed E-state index contributed by atoms with van der Waals surface area (Å²) in [5, 5.41) is 4.82. The summed E-state index contributed by atoms with van der Waals surface area (Å²) in [4.78, 5) is 4.39. The highest BCUT2D eigenvalue weighted by molar-refractivity contribution is 5.92. The normalized spacial score (nSPS) is 20.4. The molecule has 0 bridgehead atoms. The Morgan fingerprint density at radius 2 is 2.11 bits per heavy atom. The van der Waals surface area contributed by atoms with Gasteiger partial charge in [-0.1, -0.05) is 0 Å². The third-order valence-corrected chi connectivity index (χ3v) is 4.73. The number of benzene rings is 1. The van der Waals surface area contributed by atoms with Gasteiger partial charge in [0.05, 0.1) is 5.52 Å². The van der Waals surface area contributed by atoms with E-state index in [1.165, 1.54) is 36.8 Å². The zero-order chi connectivity index (χ0) is 12.9. The van der Waals surface area contributed by atoms with Crippen LogP contribution in [0.3, 0.4) is 0 Å². The van der Waals surface area contributed by atoms with Crippen molar-refractivity contribution in [2.24, 2.45) is 11.3 Å². The fourth-order valence-corrected chi connectivity index (χ4v) is 3.18. The van der Waals surface area contributed by atoms with Gasteiger partial charge >= 0.3 is 0 Å². The molecule has 19 heavy (non-hydrogen) atoms. The number of fused-ring (bicyclic) bond motifs is 1. The van der Waals surface area contributed by atoms with Crippen LogP contribution in [0.1, 0.15) is 25.7 Å². The molecular formula is C16H19N3. The number of nitrogens with two attached hydrogens (primary N) is 1. The molecule has 2 saturated carbocycles. The summed E-state index contributed by atoms with van der Waals surface area (Å²) < 4.78 is 0. The molecule has 1 aromatic carbocycles. The van der Waals surface area contributed by atoms with Gasteiger partial charge in [-0.05, 0) is 61.3 Å². The molecule has 2 aliphatic carbocycles. The standard InChI is InChI=1S/C16H19N3/c17-12-3-4-13-14(5-8-18-15(13)9-12)19-10-16(6-7-16)11-1-2-11/h3-5,8-9,11H,1-2,6-7,10,17H2,(H,18,19). The maximum absolute atomic E-state index is 5.81. The highest BCUT2D eigenvalue weighted by Gasteiger charge is 2.53. The molecule has 0 saturated heterocycles. The highest BCUT2D eigenvalue weighted by Crippen LogP contribution is 2.61. The minimum Gasteiger partial charge on any atom is -0.399 e. The lowest BCUT2D eigenvalue weighted by atomic mass is 10.0. The van der Waals surface area contributed by atoms with Crippen LogP contribution in [-0.4, -0.2) is 11.5 Å². The summed E-state index contributed by atoms with van der Waals surface area (Å²) in [7, 11) is 0. The average molecular weight is 253 g/mol. The molecule has 4 rings (SSSR count). The first-order chi connectivity index (χ1) is 9.27. The molecule has 3 heteroatoms. The predicted molar refractivity (Wildman–Crippen MR) is 79.0 cm³/mol. The van der Waals surface area contributed by atoms with Gasteiger partial charge in [0.1, 0.15) is 0 Å². The number of anilines is 2. The number of nitrogens with zero attached hydrogens (tertiary/aromatic N) is 1. The van der Waals surface area contributed by atoms with Crippen molar-refractivity contribution in [3.63, 3.8) is 0 Å². The fourth-order valence-electron chi connectivity index (χ4n) is 3.18. The molecule has 2 fully saturated rings. The van der Waals surface area contributed by atoms with Gasteiger partial charge in [-0.25, -0.2) is 0 Å². The monoisotopic (exact) mass is 253 g/mol. The zero-order valence-electron chi connectivity index (χ0n) is 11.0. The van der Waals surface area contributed by atoms with Crippen LogP contribution in [0.2, 0.25) is 0 Å². The molecule has 1 heterocycles. The summed E-state index contributed by atoms with van der Waals surface area (Å²) in [6.07, 6.45) is 7.55. The van der Waals surface area contributed by atoms with Crippen LogP contribution in [0.4, 0.5) is 11.4 Å². The number of nitrogens with one attached hydrogen (secondary N) is 1. The Kier molecular flexibility index (Phi) is 2.25.